The molecule has 0 aliphatic rings. The van der Waals surface area contributed by atoms with Gasteiger partial charge in [-0.25, -0.2) is 4.98 Å². The van der Waals surface area contributed by atoms with Gasteiger partial charge in [-0.2, -0.15) is 0 Å². The van der Waals surface area contributed by atoms with Crippen LogP contribution in [-0.2, 0) is 56.2 Å². The average Bonchev–Trinajstić information content (AvgIpc) is 1.06. The Morgan fingerprint density at radius 1 is 0.326 bits per heavy atom. The summed E-state index contributed by atoms with van der Waals surface area (Å²) >= 11 is 9.79. The molecule has 0 bridgehead atoms. The lowest BCUT2D eigenvalue weighted by molar-refractivity contribution is -0.00151. The second-order valence-electron chi connectivity index (χ2n) is 21.5. The molecule has 12 aromatic rings. The van der Waals surface area contributed by atoms with Gasteiger partial charge in [-0.1, -0.05) is 325 Å². The van der Waals surface area contributed by atoms with Gasteiger partial charge in [-0.3, -0.25) is 9.97 Å². The summed E-state index contributed by atoms with van der Waals surface area (Å²) in [5.41, 5.74) is 15.2. The summed E-state index contributed by atoms with van der Waals surface area (Å²) in [6, 6.07) is 106. The van der Waals surface area contributed by atoms with Gasteiger partial charge < -0.3 is 14.2 Å². The zero-order valence-corrected chi connectivity index (χ0v) is 52.7. The number of hydrogen-bond donors (Lipinski definition) is 0. The summed E-state index contributed by atoms with van der Waals surface area (Å²) in [5.74, 6) is 0. The zero-order valence-electron chi connectivity index (χ0n) is 50.4. The predicted molar refractivity (Wildman–Crippen MR) is 367 cm³/mol. The van der Waals surface area contributed by atoms with Gasteiger partial charge >= 0.3 is 0 Å². The number of ether oxygens (including phenoxy) is 3. The summed E-state index contributed by atoms with van der Waals surface area (Å²) in [5, 5.41) is 1.24. The van der Waals surface area contributed by atoms with Crippen molar-refractivity contribution in [3.05, 3.63) is 416 Å². The third-order valence-corrected chi connectivity index (χ3v) is 16.7. The first-order valence-electron chi connectivity index (χ1n) is 29.8. The fourth-order valence-corrected chi connectivity index (χ4v) is 11.9. The number of pyridine rings is 3. The first-order chi connectivity index (χ1) is 43.7. The standard InChI is InChI=1S/C28H25NO.C27H24BrNO.C26H22ClNO/c1-3-27-22(2)19-20-26(29-27)21-30-28(23-13-7-4-8-14-23,24-15-9-5-10-16-24)25-17-11-6-12-18-25;1-21-17-18-25(29-26(21)19-28)20-30-27(22-11-5-2-6-12-22,23-13-7-3-8-14-23)24-15-9-4-10-16-24;1-20-17-18-24(28-25(20)27)19-29-26(21-11-5-2-6-12-21,22-13-7-3-8-14-22)23-15-9-4-10-16-23/h3-20H,1,21H2,2H3;2-18H,19-20H2,1H3;2-18H,19H2,1H3. The molecule has 89 heavy (non-hydrogen) atoms. The Morgan fingerprint density at radius 2 is 0.562 bits per heavy atom. The third kappa shape index (κ3) is 14.7. The SMILES string of the molecule is C=Cc1nc(COC(c2ccccc2)(c2ccccc2)c2ccccc2)ccc1C.Cc1ccc(COC(c2ccccc2)(c2ccccc2)c2ccccc2)nc1CBr.Cc1ccc(COC(c2ccccc2)(c2ccccc2)c2ccccc2)nc1Cl. The molecule has 12 rings (SSSR count). The van der Waals surface area contributed by atoms with E-state index in [0.717, 1.165) is 95.0 Å². The van der Waals surface area contributed by atoms with Crippen LogP contribution in [0.2, 0.25) is 5.15 Å². The van der Waals surface area contributed by atoms with E-state index in [1.54, 1.807) is 6.08 Å². The van der Waals surface area contributed by atoms with Gasteiger partial charge in [-0.05, 0) is 112 Å². The van der Waals surface area contributed by atoms with Crippen LogP contribution in [0.15, 0.2) is 316 Å². The fourth-order valence-electron chi connectivity index (χ4n) is 11.2. The Labute approximate surface area is 538 Å². The van der Waals surface area contributed by atoms with Crippen LogP contribution >= 0.6 is 27.5 Å². The highest BCUT2D eigenvalue weighted by atomic mass is 79.9. The number of rotatable bonds is 20. The highest BCUT2D eigenvalue weighted by Crippen LogP contribution is 2.44. The van der Waals surface area contributed by atoms with Crippen molar-refractivity contribution in [2.75, 3.05) is 0 Å². The molecule has 8 heteroatoms. The molecule has 0 fully saturated rings. The van der Waals surface area contributed by atoms with E-state index >= 15 is 0 Å². The molecule has 0 unspecified atom stereocenters. The second-order valence-corrected chi connectivity index (χ2v) is 22.4. The van der Waals surface area contributed by atoms with Gasteiger partial charge in [-0.15, -0.1) is 0 Å². The first kappa shape index (κ1) is 62.9. The molecular formula is C81H71BrClN3O3. The molecule has 0 spiro atoms. The van der Waals surface area contributed by atoms with Crippen LogP contribution in [0.5, 0.6) is 0 Å². The van der Waals surface area contributed by atoms with Crippen molar-refractivity contribution in [1.82, 2.24) is 15.0 Å². The fraction of sp³-hybridized carbons (Fsp3) is 0.123. The van der Waals surface area contributed by atoms with E-state index < -0.39 is 16.8 Å². The minimum Gasteiger partial charge on any atom is -0.355 e. The number of hydrogen-bond acceptors (Lipinski definition) is 6. The maximum absolute atomic E-state index is 6.84. The molecule has 0 radical (unpaired) electrons. The molecule has 9 aromatic carbocycles. The normalized spacial score (nSPS) is 11.3. The van der Waals surface area contributed by atoms with Crippen molar-refractivity contribution in [2.45, 2.75) is 62.7 Å². The van der Waals surface area contributed by atoms with Gasteiger partial charge in [0.15, 0.2) is 0 Å². The van der Waals surface area contributed by atoms with Crippen molar-refractivity contribution in [1.29, 1.82) is 0 Å². The quantitative estimate of drug-likeness (QED) is 0.0430. The minimum absolute atomic E-state index is 0.332. The monoisotopic (exact) mass is 1250 g/mol. The van der Waals surface area contributed by atoms with Crippen molar-refractivity contribution in [2.24, 2.45) is 0 Å². The van der Waals surface area contributed by atoms with Crippen molar-refractivity contribution in [3.63, 3.8) is 0 Å². The van der Waals surface area contributed by atoms with Crippen molar-refractivity contribution in [3.8, 4) is 0 Å². The number of nitrogens with zero attached hydrogens (tertiary/aromatic N) is 3. The van der Waals surface area contributed by atoms with Crippen LogP contribution in [0.4, 0.5) is 0 Å². The van der Waals surface area contributed by atoms with Crippen molar-refractivity contribution >= 4 is 33.6 Å². The maximum Gasteiger partial charge on any atom is 0.144 e. The highest BCUT2D eigenvalue weighted by Gasteiger charge is 2.40. The lowest BCUT2D eigenvalue weighted by atomic mass is 9.80. The Balaban J connectivity index is 0.000000147. The van der Waals surface area contributed by atoms with Gasteiger partial charge in [0.25, 0.3) is 0 Å². The maximum atomic E-state index is 6.84. The number of halogens is 2. The highest BCUT2D eigenvalue weighted by molar-refractivity contribution is 9.08. The molecule has 0 atom stereocenters. The predicted octanol–water partition coefficient (Wildman–Crippen LogP) is 19.9. The number of alkyl halides is 1. The van der Waals surface area contributed by atoms with Crippen LogP contribution in [0.1, 0.15) is 95.2 Å². The molecule has 6 nitrogen and oxygen atoms in total. The van der Waals surface area contributed by atoms with E-state index in [-0.39, 0.29) is 0 Å². The Hall–Kier alpha value is -9.18. The third-order valence-electron chi connectivity index (χ3n) is 15.8. The molecule has 3 aromatic heterocycles. The van der Waals surface area contributed by atoms with Crippen LogP contribution in [0.25, 0.3) is 6.08 Å². The molecule has 442 valence electrons. The van der Waals surface area contributed by atoms with E-state index in [1.807, 2.05) is 129 Å². The number of benzene rings is 9. The summed E-state index contributed by atoms with van der Waals surface area (Å²) < 4.78 is 20.4. The summed E-state index contributed by atoms with van der Waals surface area (Å²) in [7, 11) is 0. The Bertz CT molecular complexity index is 3820. The van der Waals surface area contributed by atoms with E-state index in [2.05, 4.69) is 229 Å². The van der Waals surface area contributed by atoms with Gasteiger partial charge in [0.2, 0.25) is 0 Å². The van der Waals surface area contributed by atoms with E-state index in [1.165, 1.54) is 5.56 Å². The lowest BCUT2D eigenvalue weighted by Crippen LogP contribution is -2.33. The van der Waals surface area contributed by atoms with Gasteiger partial charge in [0.05, 0.1) is 48.3 Å². The topological polar surface area (TPSA) is 66.4 Å². The zero-order chi connectivity index (χ0) is 61.7. The smallest absolute Gasteiger partial charge is 0.144 e. The second kappa shape index (κ2) is 30.6. The average molecular weight is 1250 g/mol. The molecule has 0 amide bonds. The van der Waals surface area contributed by atoms with Gasteiger partial charge in [0, 0.05) is 5.33 Å². The van der Waals surface area contributed by atoms with E-state index in [4.69, 9.17) is 35.8 Å². The molecule has 0 saturated heterocycles. The molecule has 3 heterocycles. The summed E-state index contributed by atoms with van der Waals surface area (Å²) in [4.78, 5) is 14.0. The molecule has 0 aliphatic carbocycles. The molecule has 0 N–H and O–H groups in total. The van der Waals surface area contributed by atoms with Crippen LogP contribution < -0.4 is 0 Å². The Kier molecular flexibility index (Phi) is 21.6. The largest absolute Gasteiger partial charge is 0.355 e. The van der Waals surface area contributed by atoms with Crippen molar-refractivity contribution < 1.29 is 14.2 Å². The van der Waals surface area contributed by atoms with Gasteiger partial charge in [0.1, 0.15) is 22.0 Å². The number of aromatic nitrogens is 3. The van der Waals surface area contributed by atoms with E-state index in [0.29, 0.717) is 25.0 Å². The molecular weight excluding hydrogens is 1180 g/mol. The summed E-state index contributed by atoms with van der Waals surface area (Å²) in [6.07, 6.45) is 1.79. The Morgan fingerprint density at radius 3 is 0.809 bits per heavy atom. The van der Waals surface area contributed by atoms with E-state index in [9.17, 15) is 0 Å². The lowest BCUT2D eigenvalue weighted by Gasteiger charge is -2.36. The molecule has 0 aliphatic heterocycles. The van der Waals surface area contributed by atoms with Crippen LogP contribution in [0.3, 0.4) is 0 Å². The molecule has 0 saturated carbocycles. The summed E-state index contributed by atoms with van der Waals surface area (Å²) in [6.45, 7) is 11.1. The first-order valence-corrected chi connectivity index (χ1v) is 31.3. The minimum atomic E-state index is -0.761. The van der Waals surface area contributed by atoms with Crippen LogP contribution in [-0.4, -0.2) is 15.0 Å². The number of aryl methyl sites for hydroxylation is 3. The van der Waals surface area contributed by atoms with Crippen LogP contribution in [0, 0.1) is 20.8 Å².